The van der Waals surface area contributed by atoms with E-state index in [0.29, 0.717) is 10.8 Å². The second-order valence-corrected chi connectivity index (χ2v) is 4.06. The van der Waals surface area contributed by atoms with Crippen LogP contribution in [0.1, 0.15) is 0 Å². The summed E-state index contributed by atoms with van der Waals surface area (Å²) in [7, 11) is 0. The van der Waals surface area contributed by atoms with Crippen LogP contribution in [0.2, 0.25) is 5.02 Å². The molecule has 0 amide bonds. The first-order valence-corrected chi connectivity index (χ1v) is 5.04. The van der Waals surface area contributed by atoms with E-state index in [0.717, 1.165) is 3.57 Å². The van der Waals surface area contributed by atoms with Crippen molar-refractivity contribution in [3.63, 3.8) is 0 Å². The van der Waals surface area contributed by atoms with Crippen LogP contribution in [0.5, 0.6) is 0 Å². The lowest BCUT2D eigenvalue weighted by Crippen LogP contribution is -1.97. The minimum atomic E-state index is 0.599. The lowest BCUT2D eigenvalue weighted by Gasteiger charge is -2.00. The third-order valence-electron chi connectivity index (χ3n) is 1.51. The van der Waals surface area contributed by atoms with E-state index in [9.17, 15) is 0 Å². The van der Waals surface area contributed by atoms with E-state index < -0.39 is 0 Å². The van der Waals surface area contributed by atoms with Crippen LogP contribution in [0.25, 0.3) is 5.82 Å². The van der Waals surface area contributed by atoms with Crippen LogP contribution in [0.3, 0.4) is 0 Å². The molecular weight excluding hydrogens is 300 g/mol. The average molecular weight is 306 g/mol. The van der Waals surface area contributed by atoms with Crippen LogP contribution in [-0.4, -0.2) is 14.8 Å². The first-order valence-electron chi connectivity index (χ1n) is 3.58. The molecule has 2 aromatic rings. The number of hydrogen-bond donors (Lipinski definition) is 0. The molecule has 0 spiro atoms. The molecule has 0 saturated heterocycles. The number of halogens is 2. The molecule has 5 heteroatoms. The van der Waals surface area contributed by atoms with Crippen LogP contribution in [-0.2, 0) is 0 Å². The Morgan fingerprint density at radius 1 is 1.46 bits per heavy atom. The van der Waals surface area contributed by atoms with Crippen LogP contribution in [0.4, 0.5) is 0 Å². The Hall–Kier alpha value is -0.620. The highest BCUT2D eigenvalue weighted by molar-refractivity contribution is 14.1. The quantitative estimate of drug-likeness (QED) is 0.758. The molecule has 0 aromatic carbocycles. The smallest absolute Gasteiger partial charge is 0.172 e. The van der Waals surface area contributed by atoms with Crippen molar-refractivity contribution in [3.05, 3.63) is 39.3 Å². The minimum absolute atomic E-state index is 0.599. The maximum absolute atomic E-state index is 5.94. The average Bonchev–Trinajstić information content (AvgIpc) is 2.53. The maximum Gasteiger partial charge on any atom is 0.172 e. The van der Waals surface area contributed by atoms with Crippen LogP contribution < -0.4 is 0 Å². The third-order valence-corrected chi connectivity index (χ3v) is 2.36. The fourth-order valence-corrected chi connectivity index (χ4v) is 1.56. The molecule has 0 bridgehead atoms. The molecule has 0 aliphatic rings. The van der Waals surface area contributed by atoms with Gasteiger partial charge in [0.2, 0.25) is 0 Å². The maximum atomic E-state index is 5.94. The molecule has 0 aliphatic heterocycles. The van der Waals surface area contributed by atoms with Gasteiger partial charge in [-0.1, -0.05) is 11.6 Å². The van der Waals surface area contributed by atoms with Crippen LogP contribution in [0.15, 0.2) is 30.7 Å². The molecule has 0 aliphatic carbocycles. The Bertz CT molecular complexity index is 427. The largest absolute Gasteiger partial charge is 0.236 e. The molecule has 0 atom stereocenters. The number of rotatable bonds is 1. The minimum Gasteiger partial charge on any atom is -0.236 e. The molecule has 0 unspecified atom stereocenters. The molecule has 3 nitrogen and oxygen atoms in total. The van der Waals surface area contributed by atoms with Crippen LogP contribution >= 0.6 is 34.2 Å². The van der Waals surface area contributed by atoms with Gasteiger partial charge in [0.25, 0.3) is 0 Å². The Balaban J connectivity index is 2.52. The monoisotopic (exact) mass is 305 g/mol. The summed E-state index contributed by atoms with van der Waals surface area (Å²) in [6.07, 6.45) is 5.32. The zero-order valence-corrected chi connectivity index (χ0v) is 9.40. The van der Waals surface area contributed by atoms with Gasteiger partial charge in [-0.3, -0.25) is 0 Å². The molecule has 2 aromatic heterocycles. The zero-order valence-electron chi connectivity index (χ0n) is 6.48. The highest BCUT2D eigenvalue weighted by Gasteiger charge is 2.03. The summed E-state index contributed by atoms with van der Waals surface area (Å²) in [4.78, 5) is 4.13. The van der Waals surface area contributed by atoms with E-state index >= 15 is 0 Å². The highest BCUT2D eigenvalue weighted by Crippen LogP contribution is 2.16. The van der Waals surface area contributed by atoms with E-state index in [4.69, 9.17) is 11.6 Å². The van der Waals surface area contributed by atoms with Gasteiger partial charge in [0.15, 0.2) is 5.82 Å². The summed E-state index contributed by atoms with van der Waals surface area (Å²) in [5.74, 6) is 0.659. The first-order chi connectivity index (χ1) is 6.27. The molecule has 0 fully saturated rings. The summed E-state index contributed by atoms with van der Waals surface area (Å²) in [5.41, 5.74) is 0. The van der Waals surface area contributed by atoms with Crippen LogP contribution in [0, 0.1) is 3.57 Å². The standard InChI is InChI=1S/C8H5ClIN3/c9-7-2-1-3-11-8(7)13-5-6(10)4-12-13/h1-5H. The zero-order chi connectivity index (χ0) is 9.26. The molecule has 66 valence electrons. The van der Waals surface area contributed by atoms with Gasteiger partial charge >= 0.3 is 0 Å². The fraction of sp³-hybridized carbons (Fsp3) is 0. The van der Waals surface area contributed by atoms with Crippen molar-refractivity contribution < 1.29 is 0 Å². The fourth-order valence-electron chi connectivity index (χ4n) is 0.963. The van der Waals surface area contributed by atoms with Crippen molar-refractivity contribution >= 4 is 34.2 Å². The van der Waals surface area contributed by atoms with Crippen molar-refractivity contribution in [1.29, 1.82) is 0 Å². The summed E-state index contributed by atoms with van der Waals surface area (Å²) in [6.45, 7) is 0. The van der Waals surface area contributed by atoms with E-state index in [1.54, 1.807) is 29.2 Å². The van der Waals surface area contributed by atoms with Gasteiger partial charge in [-0.15, -0.1) is 0 Å². The molecule has 0 N–H and O–H groups in total. The Labute approximate surface area is 93.9 Å². The van der Waals surface area contributed by atoms with Gasteiger partial charge in [0.1, 0.15) is 0 Å². The SMILES string of the molecule is Clc1cccnc1-n1cc(I)cn1. The third kappa shape index (κ3) is 1.83. The molecule has 2 rings (SSSR count). The number of nitrogens with zero attached hydrogens (tertiary/aromatic N) is 3. The molecule has 0 radical (unpaired) electrons. The predicted octanol–water partition coefficient (Wildman–Crippen LogP) is 2.53. The predicted molar refractivity (Wildman–Crippen MR) is 59.1 cm³/mol. The summed E-state index contributed by atoms with van der Waals surface area (Å²) < 4.78 is 2.71. The van der Waals surface area contributed by atoms with Gasteiger partial charge in [0.05, 0.1) is 14.8 Å². The molecule has 13 heavy (non-hydrogen) atoms. The Morgan fingerprint density at radius 2 is 2.31 bits per heavy atom. The van der Waals surface area contributed by atoms with Crippen molar-refractivity contribution in [2.45, 2.75) is 0 Å². The lowest BCUT2D eigenvalue weighted by molar-refractivity contribution is 0.847. The summed E-state index contributed by atoms with van der Waals surface area (Å²) in [6, 6.07) is 3.58. The van der Waals surface area contributed by atoms with Gasteiger partial charge in [-0.05, 0) is 34.7 Å². The number of pyridine rings is 1. The van der Waals surface area contributed by atoms with Crippen molar-refractivity contribution in [1.82, 2.24) is 14.8 Å². The van der Waals surface area contributed by atoms with Gasteiger partial charge in [-0.2, -0.15) is 5.10 Å². The van der Waals surface area contributed by atoms with Crippen molar-refractivity contribution in [3.8, 4) is 5.82 Å². The Morgan fingerprint density at radius 3 is 2.92 bits per heavy atom. The van der Waals surface area contributed by atoms with E-state index in [1.807, 2.05) is 6.20 Å². The van der Waals surface area contributed by atoms with Gasteiger partial charge in [-0.25, -0.2) is 9.67 Å². The molecule has 0 saturated carbocycles. The van der Waals surface area contributed by atoms with Gasteiger partial charge < -0.3 is 0 Å². The normalized spacial score (nSPS) is 10.3. The number of aromatic nitrogens is 3. The Kier molecular flexibility index (Phi) is 2.50. The highest BCUT2D eigenvalue weighted by atomic mass is 127. The lowest BCUT2D eigenvalue weighted by atomic mass is 10.4. The second-order valence-electron chi connectivity index (χ2n) is 2.41. The number of hydrogen-bond acceptors (Lipinski definition) is 2. The summed E-state index contributed by atoms with van der Waals surface area (Å²) in [5, 5.41) is 4.71. The van der Waals surface area contributed by atoms with E-state index in [-0.39, 0.29) is 0 Å². The van der Waals surface area contributed by atoms with Crippen molar-refractivity contribution in [2.24, 2.45) is 0 Å². The van der Waals surface area contributed by atoms with E-state index in [1.165, 1.54) is 0 Å². The summed E-state index contributed by atoms with van der Waals surface area (Å²) >= 11 is 8.13. The van der Waals surface area contributed by atoms with E-state index in [2.05, 4.69) is 32.7 Å². The topological polar surface area (TPSA) is 30.7 Å². The first kappa shape index (κ1) is 8.96. The van der Waals surface area contributed by atoms with Crippen molar-refractivity contribution in [2.75, 3.05) is 0 Å². The van der Waals surface area contributed by atoms with Gasteiger partial charge in [0, 0.05) is 12.4 Å². The molecule has 2 heterocycles. The molecular formula is C8H5ClIN3. The second kappa shape index (κ2) is 3.63.